The number of nitrogens with zero attached hydrogens (tertiary/aromatic N) is 1. The molecule has 0 bridgehead atoms. The first-order chi connectivity index (χ1) is 8.76. The summed E-state index contributed by atoms with van der Waals surface area (Å²) in [7, 11) is 0. The second kappa shape index (κ2) is 9.12. The zero-order valence-corrected chi connectivity index (χ0v) is 11.9. The molecule has 0 atom stereocenters. The average Bonchev–Trinajstić information content (AvgIpc) is 2.39. The fourth-order valence-corrected chi connectivity index (χ4v) is 1.93. The lowest BCUT2D eigenvalue weighted by atomic mass is 10.1. The number of unbranched alkanes of at least 4 members (excludes halogenated alkanes) is 3. The van der Waals surface area contributed by atoms with E-state index in [0.717, 1.165) is 30.1 Å². The highest BCUT2D eigenvalue weighted by Gasteiger charge is 1.99. The fourth-order valence-electron chi connectivity index (χ4n) is 1.81. The maximum atomic E-state index is 5.86. The van der Waals surface area contributed by atoms with Gasteiger partial charge in [-0.1, -0.05) is 49.9 Å². The number of hydrogen-bond donors (Lipinski definition) is 1. The molecule has 0 unspecified atom stereocenters. The fraction of sp³-hybridized carbons (Fsp3) is 0.533. The Balaban J connectivity index is 2.40. The van der Waals surface area contributed by atoms with Crippen molar-refractivity contribution in [3.8, 4) is 0 Å². The van der Waals surface area contributed by atoms with Crippen LogP contribution in [0.2, 0.25) is 5.02 Å². The van der Waals surface area contributed by atoms with Gasteiger partial charge >= 0.3 is 0 Å². The Morgan fingerprint density at radius 2 is 1.89 bits per heavy atom. The monoisotopic (exact) mass is 266 g/mol. The third kappa shape index (κ3) is 6.18. The maximum Gasteiger partial charge on any atom is 0.0406 e. The van der Waals surface area contributed by atoms with Crippen LogP contribution in [0.5, 0.6) is 0 Å². The lowest BCUT2D eigenvalue weighted by Gasteiger charge is -2.05. The largest absolute Gasteiger partial charge is 0.325 e. The number of hydrogen-bond acceptors (Lipinski definition) is 2. The third-order valence-corrected chi connectivity index (χ3v) is 3.16. The van der Waals surface area contributed by atoms with E-state index in [0.29, 0.717) is 6.54 Å². The van der Waals surface area contributed by atoms with E-state index < -0.39 is 0 Å². The molecule has 1 aromatic rings. The molecule has 0 aromatic heterocycles. The van der Waals surface area contributed by atoms with Crippen molar-refractivity contribution in [2.75, 3.05) is 13.1 Å². The quantitative estimate of drug-likeness (QED) is 0.563. The summed E-state index contributed by atoms with van der Waals surface area (Å²) in [5.74, 6) is 0. The van der Waals surface area contributed by atoms with E-state index in [1.54, 1.807) is 0 Å². The normalized spacial score (nSPS) is 11.8. The van der Waals surface area contributed by atoms with Crippen molar-refractivity contribution in [1.82, 2.24) is 0 Å². The summed E-state index contributed by atoms with van der Waals surface area (Å²) in [5.41, 5.74) is 8.03. The summed E-state index contributed by atoms with van der Waals surface area (Å²) in [5, 5.41) is 0.768. The smallest absolute Gasteiger partial charge is 0.0406 e. The number of rotatable bonds is 8. The van der Waals surface area contributed by atoms with Crippen LogP contribution in [0.4, 0.5) is 0 Å². The van der Waals surface area contributed by atoms with Gasteiger partial charge in [0.1, 0.15) is 0 Å². The minimum atomic E-state index is 0.538. The van der Waals surface area contributed by atoms with Gasteiger partial charge in [-0.3, -0.25) is 4.99 Å². The molecule has 0 heterocycles. The Kier molecular flexibility index (Phi) is 7.70. The first-order valence-electron chi connectivity index (χ1n) is 6.73. The maximum absolute atomic E-state index is 5.86. The zero-order valence-electron chi connectivity index (χ0n) is 11.2. The first kappa shape index (κ1) is 15.2. The molecular weight excluding hydrogens is 244 g/mol. The highest BCUT2D eigenvalue weighted by molar-refractivity contribution is 6.30. The molecule has 0 aliphatic heterocycles. The molecule has 0 spiro atoms. The molecule has 0 radical (unpaired) electrons. The molecule has 1 rings (SSSR count). The molecule has 2 nitrogen and oxygen atoms in total. The van der Waals surface area contributed by atoms with Crippen LogP contribution in [0.1, 0.15) is 38.2 Å². The Bertz CT molecular complexity index is 357. The van der Waals surface area contributed by atoms with E-state index in [4.69, 9.17) is 17.3 Å². The van der Waals surface area contributed by atoms with E-state index >= 15 is 0 Å². The molecule has 0 saturated carbocycles. The lowest BCUT2D eigenvalue weighted by Crippen LogP contribution is -2.17. The zero-order chi connectivity index (χ0) is 13.2. The molecule has 3 heteroatoms. The van der Waals surface area contributed by atoms with Crippen molar-refractivity contribution >= 4 is 17.3 Å². The molecule has 0 amide bonds. The molecule has 0 fully saturated rings. The topological polar surface area (TPSA) is 38.4 Å². The molecule has 18 heavy (non-hydrogen) atoms. The standard InChI is InChI=1S/C15H23ClN2/c1-2-3-4-5-10-18-15(12-17)11-13-6-8-14(16)9-7-13/h6-9H,2-5,10-12,17H2,1H3. The molecular formula is C15H23ClN2. The van der Waals surface area contributed by atoms with Gasteiger partial charge in [0.05, 0.1) is 0 Å². The predicted molar refractivity (Wildman–Crippen MR) is 80.7 cm³/mol. The van der Waals surface area contributed by atoms with Crippen LogP contribution < -0.4 is 5.73 Å². The van der Waals surface area contributed by atoms with Crippen molar-refractivity contribution in [2.45, 2.75) is 39.0 Å². The summed E-state index contributed by atoms with van der Waals surface area (Å²) in [6, 6.07) is 7.88. The summed E-state index contributed by atoms with van der Waals surface area (Å²) >= 11 is 5.86. The van der Waals surface area contributed by atoms with Crippen LogP contribution in [0.15, 0.2) is 29.3 Å². The second-order valence-corrected chi connectivity index (χ2v) is 4.95. The Labute approximate surface area is 115 Å². The summed E-state index contributed by atoms with van der Waals surface area (Å²) in [6.45, 7) is 3.66. The number of benzene rings is 1. The minimum absolute atomic E-state index is 0.538. The van der Waals surface area contributed by atoms with Gasteiger partial charge in [-0.2, -0.15) is 0 Å². The molecule has 0 aliphatic rings. The minimum Gasteiger partial charge on any atom is -0.325 e. The third-order valence-electron chi connectivity index (χ3n) is 2.90. The van der Waals surface area contributed by atoms with Crippen molar-refractivity contribution < 1.29 is 0 Å². The highest BCUT2D eigenvalue weighted by Crippen LogP contribution is 2.10. The van der Waals surface area contributed by atoms with E-state index in [1.807, 2.05) is 24.3 Å². The molecule has 100 valence electrons. The van der Waals surface area contributed by atoms with Crippen LogP contribution in [0.3, 0.4) is 0 Å². The van der Waals surface area contributed by atoms with Gasteiger partial charge in [-0.25, -0.2) is 0 Å². The van der Waals surface area contributed by atoms with Gasteiger partial charge in [0.25, 0.3) is 0 Å². The van der Waals surface area contributed by atoms with E-state index in [9.17, 15) is 0 Å². The van der Waals surface area contributed by atoms with E-state index in [1.165, 1.54) is 24.8 Å². The van der Waals surface area contributed by atoms with Crippen molar-refractivity contribution in [1.29, 1.82) is 0 Å². The summed E-state index contributed by atoms with van der Waals surface area (Å²) in [6.07, 6.45) is 5.82. The van der Waals surface area contributed by atoms with Gasteiger partial charge in [0.2, 0.25) is 0 Å². The Morgan fingerprint density at radius 3 is 2.50 bits per heavy atom. The van der Waals surface area contributed by atoms with Gasteiger partial charge in [0, 0.05) is 30.2 Å². The van der Waals surface area contributed by atoms with Crippen LogP contribution in [-0.4, -0.2) is 18.8 Å². The number of nitrogens with two attached hydrogens (primary N) is 1. The van der Waals surface area contributed by atoms with Gasteiger partial charge in [-0.15, -0.1) is 0 Å². The van der Waals surface area contributed by atoms with Crippen molar-refractivity contribution in [3.63, 3.8) is 0 Å². The Morgan fingerprint density at radius 1 is 1.17 bits per heavy atom. The van der Waals surface area contributed by atoms with Crippen molar-refractivity contribution in [2.24, 2.45) is 10.7 Å². The van der Waals surface area contributed by atoms with E-state index in [2.05, 4.69) is 11.9 Å². The first-order valence-corrected chi connectivity index (χ1v) is 7.10. The molecule has 2 N–H and O–H groups in total. The average molecular weight is 267 g/mol. The van der Waals surface area contributed by atoms with Crippen molar-refractivity contribution in [3.05, 3.63) is 34.9 Å². The lowest BCUT2D eigenvalue weighted by molar-refractivity contribution is 0.674. The summed E-state index contributed by atoms with van der Waals surface area (Å²) in [4.78, 5) is 4.59. The summed E-state index contributed by atoms with van der Waals surface area (Å²) < 4.78 is 0. The number of halogens is 1. The van der Waals surface area contributed by atoms with Crippen LogP contribution in [-0.2, 0) is 6.42 Å². The Hall–Kier alpha value is -0.860. The van der Waals surface area contributed by atoms with Crippen LogP contribution >= 0.6 is 11.6 Å². The highest BCUT2D eigenvalue weighted by atomic mass is 35.5. The van der Waals surface area contributed by atoms with Gasteiger partial charge in [-0.05, 0) is 24.1 Å². The second-order valence-electron chi connectivity index (χ2n) is 4.52. The van der Waals surface area contributed by atoms with E-state index in [-0.39, 0.29) is 0 Å². The molecule has 1 aromatic carbocycles. The number of aliphatic imine (C=N–C) groups is 1. The van der Waals surface area contributed by atoms with Crippen LogP contribution in [0, 0.1) is 0 Å². The molecule has 0 saturated heterocycles. The SMILES string of the molecule is CCCCCCN=C(CN)Cc1ccc(Cl)cc1. The molecule has 0 aliphatic carbocycles. The predicted octanol–water partition coefficient (Wildman–Crippen LogP) is 3.86. The van der Waals surface area contributed by atoms with Gasteiger partial charge < -0.3 is 5.73 Å². The van der Waals surface area contributed by atoms with Gasteiger partial charge in [0.15, 0.2) is 0 Å². The van der Waals surface area contributed by atoms with Crippen LogP contribution in [0.25, 0.3) is 0 Å².